The third kappa shape index (κ3) is 3.11. The van der Waals surface area contributed by atoms with E-state index in [1.54, 1.807) is 7.11 Å². The first-order valence-corrected chi connectivity index (χ1v) is 6.18. The summed E-state index contributed by atoms with van der Waals surface area (Å²) in [4.78, 5) is 0. The number of rotatable bonds is 5. The molecule has 18 heavy (non-hydrogen) atoms. The van der Waals surface area contributed by atoms with Gasteiger partial charge in [-0.05, 0) is 36.7 Å². The van der Waals surface area contributed by atoms with Crippen molar-refractivity contribution in [1.29, 1.82) is 0 Å². The zero-order valence-electron chi connectivity index (χ0n) is 10.9. The van der Waals surface area contributed by atoms with Crippen LogP contribution in [0.5, 0.6) is 5.75 Å². The fraction of sp³-hybridized carbons (Fsp3) is 0.250. The number of ether oxygens (including phenoxy) is 1. The summed E-state index contributed by atoms with van der Waals surface area (Å²) < 4.78 is 5.26. The van der Waals surface area contributed by atoms with Crippen molar-refractivity contribution >= 4 is 0 Å². The Hall–Kier alpha value is -1.80. The van der Waals surface area contributed by atoms with E-state index in [1.165, 1.54) is 11.1 Å². The fourth-order valence-corrected chi connectivity index (χ4v) is 2.11. The van der Waals surface area contributed by atoms with Gasteiger partial charge in [0.05, 0.1) is 7.11 Å². The van der Waals surface area contributed by atoms with Crippen LogP contribution < -0.4 is 10.1 Å². The second kappa shape index (κ2) is 6.22. The van der Waals surface area contributed by atoms with Crippen LogP contribution in [-0.2, 0) is 6.42 Å². The molecular weight excluding hydrogens is 222 g/mol. The molecule has 2 heteroatoms. The van der Waals surface area contributed by atoms with E-state index in [9.17, 15) is 0 Å². The largest absolute Gasteiger partial charge is 0.497 e. The van der Waals surface area contributed by atoms with Gasteiger partial charge in [-0.15, -0.1) is 0 Å². The third-order valence-electron chi connectivity index (χ3n) is 3.12. The summed E-state index contributed by atoms with van der Waals surface area (Å²) in [7, 11) is 3.70. The lowest BCUT2D eigenvalue weighted by Crippen LogP contribution is -2.18. The van der Waals surface area contributed by atoms with Crippen molar-refractivity contribution in [3.05, 3.63) is 65.7 Å². The summed E-state index contributed by atoms with van der Waals surface area (Å²) in [6.45, 7) is 0. The Balaban J connectivity index is 2.15. The predicted octanol–water partition coefficient (Wildman–Crippen LogP) is 3.20. The van der Waals surface area contributed by atoms with E-state index in [-0.39, 0.29) is 0 Å². The quantitative estimate of drug-likeness (QED) is 0.868. The van der Waals surface area contributed by atoms with Gasteiger partial charge in [0.1, 0.15) is 5.75 Å². The molecule has 2 nitrogen and oxygen atoms in total. The SMILES string of the molecule is CNC(Cc1cccc(OC)c1)c1ccccc1. The summed E-state index contributed by atoms with van der Waals surface area (Å²) in [6, 6.07) is 19.1. The van der Waals surface area contributed by atoms with Gasteiger partial charge in [-0.1, -0.05) is 42.5 Å². The smallest absolute Gasteiger partial charge is 0.119 e. The lowest BCUT2D eigenvalue weighted by atomic mass is 9.99. The van der Waals surface area contributed by atoms with Gasteiger partial charge < -0.3 is 10.1 Å². The molecule has 1 atom stereocenters. The van der Waals surface area contributed by atoms with Crippen LogP contribution >= 0.6 is 0 Å². The third-order valence-corrected chi connectivity index (χ3v) is 3.12. The van der Waals surface area contributed by atoms with Crippen LogP contribution in [0.2, 0.25) is 0 Å². The molecule has 0 saturated carbocycles. The summed E-state index contributed by atoms with van der Waals surface area (Å²) >= 11 is 0. The molecule has 0 saturated heterocycles. The maximum atomic E-state index is 5.26. The van der Waals surface area contributed by atoms with Gasteiger partial charge in [-0.25, -0.2) is 0 Å². The van der Waals surface area contributed by atoms with Crippen LogP contribution in [0.25, 0.3) is 0 Å². The molecule has 2 rings (SSSR count). The van der Waals surface area contributed by atoms with Crippen LogP contribution in [0.1, 0.15) is 17.2 Å². The standard InChI is InChI=1S/C16H19NO/c1-17-16(14-8-4-3-5-9-14)12-13-7-6-10-15(11-13)18-2/h3-11,16-17H,12H2,1-2H3. The van der Waals surface area contributed by atoms with Crippen molar-refractivity contribution in [1.82, 2.24) is 5.32 Å². The second-order valence-electron chi connectivity index (χ2n) is 4.31. The molecule has 0 aromatic heterocycles. The number of likely N-dealkylation sites (N-methyl/N-ethyl adjacent to an activating group) is 1. The highest BCUT2D eigenvalue weighted by atomic mass is 16.5. The average Bonchev–Trinajstić information content (AvgIpc) is 2.46. The average molecular weight is 241 g/mol. The van der Waals surface area contributed by atoms with Crippen LogP contribution in [0.15, 0.2) is 54.6 Å². The number of benzene rings is 2. The van der Waals surface area contributed by atoms with Crippen molar-refractivity contribution < 1.29 is 4.74 Å². The van der Waals surface area contributed by atoms with Gasteiger partial charge in [0.2, 0.25) is 0 Å². The molecule has 2 aromatic rings. The molecule has 0 heterocycles. The Kier molecular flexibility index (Phi) is 4.37. The number of hydrogen-bond acceptors (Lipinski definition) is 2. The molecule has 1 N–H and O–H groups in total. The van der Waals surface area contributed by atoms with E-state index >= 15 is 0 Å². The molecule has 0 spiro atoms. The normalized spacial score (nSPS) is 12.1. The Bertz CT molecular complexity index is 481. The van der Waals surface area contributed by atoms with Gasteiger partial charge in [-0.3, -0.25) is 0 Å². The Labute approximate surface area is 109 Å². The van der Waals surface area contributed by atoms with Gasteiger partial charge in [0, 0.05) is 6.04 Å². The molecular formula is C16H19NO. The van der Waals surface area contributed by atoms with E-state index in [0.717, 1.165) is 12.2 Å². The molecule has 1 unspecified atom stereocenters. The summed E-state index contributed by atoms with van der Waals surface area (Å²) in [5.74, 6) is 0.912. The zero-order valence-corrected chi connectivity index (χ0v) is 10.9. The number of hydrogen-bond donors (Lipinski definition) is 1. The molecule has 0 aliphatic rings. The highest BCUT2D eigenvalue weighted by Gasteiger charge is 2.09. The lowest BCUT2D eigenvalue weighted by molar-refractivity contribution is 0.414. The first-order chi connectivity index (χ1) is 8.83. The van der Waals surface area contributed by atoms with Gasteiger partial charge in [0.15, 0.2) is 0 Å². The summed E-state index contributed by atoms with van der Waals surface area (Å²) in [6.07, 6.45) is 0.956. The van der Waals surface area contributed by atoms with Crippen LogP contribution in [0.4, 0.5) is 0 Å². The fourth-order valence-electron chi connectivity index (χ4n) is 2.11. The Morgan fingerprint density at radius 1 is 1.06 bits per heavy atom. The maximum absolute atomic E-state index is 5.26. The Morgan fingerprint density at radius 2 is 1.83 bits per heavy atom. The van der Waals surface area contributed by atoms with Gasteiger partial charge >= 0.3 is 0 Å². The minimum absolute atomic E-state index is 0.332. The summed E-state index contributed by atoms with van der Waals surface area (Å²) in [5.41, 5.74) is 2.58. The van der Waals surface area contributed by atoms with Crippen molar-refractivity contribution in [2.24, 2.45) is 0 Å². The molecule has 0 aliphatic carbocycles. The summed E-state index contributed by atoms with van der Waals surface area (Å²) in [5, 5.41) is 3.36. The molecule has 0 fully saturated rings. The zero-order chi connectivity index (χ0) is 12.8. The van der Waals surface area contributed by atoms with Crippen LogP contribution in [0, 0.1) is 0 Å². The molecule has 0 aliphatic heterocycles. The minimum atomic E-state index is 0.332. The van der Waals surface area contributed by atoms with Crippen LogP contribution in [0.3, 0.4) is 0 Å². The van der Waals surface area contributed by atoms with Crippen molar-refractivity contribution in [3.63, 3.8) is 0 Å². The number of methoxy groups -OCH3 is 1. The first-order valence-electron chi connectivity index (χ1n) is 6.18. The molecule has 0 amide bonds. The molecule has 0 bridgehead atoms. The highest BCUT2D eigenvalue weighted by Crippen LogP contribution is 2.20. The maximum Gasteiger partial charge on any atom is 0.119 e. The van der Waals surface area contributed by atoms with Crippen molar-refractivity contribution in [2.75, 3.05) is 14.2 Å². The lowest BCUT2D eigenvalue weighted by Gasteiger charge is -2.17. The van der Waals surface area contributed by atoms with Crippen molar-refractivity contribution in [2.45, 2.75) is 12.5 Å². The Morgan fingerprint density at radius 3 is 2.50 bits per heavy atom. The molecule has 94 valence electrons. The first kappa shape index (κ1) is 12.7. The molecule has 2 aromatic carbocycles. The number of nitrogens with one attached hydrogen (secondary N) is 1. The van der Waals surface area contributed by atoms with Gasteiger partial charge in [0.25, 0.3) is 0 Å². The second-order valence-corrected chi connectivity index (χ2v) is 4.31. The minimum Gasteiger partial charge on any atom is -0.497 e. The molecule has 0 radical (unpaired) electrons. The van der Waals surface area contributed by atoms with Gasteiger partial charge in [-0.2, -0.15) is 0 Å². The van der Waals surface area contributed by atoms with Crippen LogP contribution in [-0.4, -0.2) is 14.2 Å². The van der Waals surface area contributed by atoms with E-state index in [0.29, 0.717) is 6.04 Å². The van der Waals surface area contributed by atoms with E-state index in [4.69, 9.17) is 4.74 Å². The van der Waals surface area contributed by atoms with E-state index in [1.807, 2.05) is 25.2 Å². The monoisotopic (exact) mass is 241 g/mol. The predicted molar refractivity (Wildman–Crippen MR) is 74.9 cm³/mol. The van der Waals surface area contributed by atoms with E-state index in [2.05, 4.69) is 41.7 Å². The van der Waals surface area contributed by atoms with Crippen molar-refractivity contribution in [3.8, 4) is 5.75 Å². The topological polar surface area (TPSA) is 21.3 Å². The highest BCUT2D eigenvalue weighted by molar-refractivity contribution is 5.30. The van der Waals surface area contributed by atoms with E-state index < -0.39 is 0 Å².